The Kier molecular flexibility index (Phi) is 5.56. The van der Waals surface area contributed by atoms with Crippen LogP contribution in [-0.4, -0.2) is 23.8 Å². The highest BCUT2D eigenvalue weighted by molar-refractivity contribution is 7.07. The van der Waals surface area contributed by atoms with E-state index >= 15 is 0 Å². The largest absolute Gasteiger partial charge is 0.493 e. The zero-order valence-corrected chi connectivity index (χ0v) is 22.8. The van der Waals surface area contributed by atoms with Crippen LogP contribution in [0.25, 0.3) is 22.7 Å². The Morgan fingerprint density at radius 3 is 2.64 bits per heavy atom. The molecular weight excluding hydrogens is 506 g/mol. The minimum Gasteiger partial charge on any atom is -0.493 e. The summed E-state index contributed by atoms with van der Waals surface area (Å²) in [6, 6.07) is 22.3. The average Bonchev–Trinajstić information content (AvgIpc) is 3.46. The highest BCUT2D eigenvalue weighted by Crippen LogP contribution is 2.42. The molecule has 3 heterocycles. The van der Waals surface area contributed by atoms with Crippen molar-refractivity contribution in [1.29, 1.82) is 0 Å². The number of benzene rings is 3. The van der Waals surface area contributed by atoms with Crippen LogP contribution in [0, 0.1) is 6.92 Å². The minimum absolute atomic E-state index is 0.0337. The zero-order valence-electron chi connectivity index (χ0n) is 21.9. The van der Waals surface area contributed by atoms with Crippen molar-refractivity contribution in [2.24, 2.45) is 4.99 Å². The minimum atomic E-state index is -0.282. The fourth-order valence-corrected chi connectivity index (χ4v) is 6.94. The highest BCUT2D eigenvalue weighted by atomic mass is 32.1. The number of nitrogens with one attached hydrogen (secondary N) is 1. The third kappa shape index (κ3) is 3.68. The van der Waals surface area contributed by atoms with Crippen molar-refractivity contribution in [3.63, 3.8) is 0 Å². The topological polar surface area (TPSA) is 68.6 Å². The second-order valence-corrected chi connectivity index (χ2v) is 10.9. The number of para-hydroxylation sites is 1. The van der Waals surface area contributed by atoms with Crippen LogP contribution < -0.4 is 24.4 Å². The number of aromatic amines is 1. The molecule has 0 radical (unpaired) electrons. The first-order valence-electron chi connectivity index (χ1n) is 13.0. The third-order valence-corrected chi connectivity index (χ3v) is 8.80. The van der Waals surface area contributed by atoms with Crippen LogP contribution in [0.5, 0.6) is 11.5 Å². The van der Waals surface area contributed by atoms with Gasteiger partial charge in [-0.25, -0.2) is 4.99 Å². The van der Waals surface area contributed by atoms with E-state index in [0.717, 1.165) is 57.4 Å². The number of hydrogen-bond donors (Lipinski definition) is 1. The number of H-pyrrole nitrogens is 1. The van der Waals surface area contributed by atoms with E-state index in [0.29, 0.717) is 20.8 Å². The summed E-state index contributed by atoms with van der Waals surface area (Å²) in [6.07, 6.45) is 3.76. The van der Waals surface area contributed by atoms with Gasteiger partial charge < -0.3 is 14.5 Å². The van der Waals surface area contributed by atoms with E-state index in [1.165, 1.54) is 16.9 Å². The summed E-state index contributed by atoms with van der Waals surface area (Å²) in [5.74, 6) is 1.30. The predicted molar refractivity (Wildman–Crippen MR) is 155 cm³/mol. The lowest BCUT2D eigenvalue weighted by atomic mass is 9.83. The smallest absolute Gasteiger partial charge is 0.271 e. The summed E-state index contributed by atoms with van der Waals surface area (Å²) in [5.41, 5.74) is 8.65. The number of hydrogen-bond acceptors (Lipinski definition) is 5. The maximum Gasteiger partial charge on any atom is 0.271 e. The predicted octanol–water partition coefficient (Wildman–Crippen LogP) is 5.13. The summed E-state index contributed by atoms with van der Waals surface area (Å²) in [6.45, 7) is 2.05. The maximum atomic E-state index is 14.2. The van der Waals surface area contributed by atoms with Gasteiger partial charge in [0.05, 0.1) is 30.5 Å². The van der Waals surface area contributed by atoms with Crippen molar-refractivity contribution in [2.75, 3.05) is 14.2 Å². The van der Waals surface area contributed by atoms with Gasteiger partial charge in [-0.2, -0.15) is 0 Å². The van der Waals surface area contributed by atoms with Crippen molar-refractivity contribution in [3.05, 3.63) is 120 Å². The lowest BCUT2D eigenvalue weighted by molar-refractivity contribution is 0.354. The van der Waals surface area contributed by atoms with Crippen LogP contribution in [0.3, 0.4) is 0 Å². The molecule has 0 bridgehead atoms. The first-order valence-corrected chi connectivity index (χ1v) is 13.8. The summed E-state index contributed by atoms with van der Waals surface area (Å²) < 4.78 is 13.7. The molecule has 2 aliphatic rings. The number of nitrogens with zero attached hydrogens (tertiary/aromatic N) is 2. The van der Waals surface area contributed by atoms with E-state index in [4.69, 9.17) is 14.5 Å². The van der Waals surface area contributed by atoms with Crippen LogP contribution in [0.4, 0.5) is 0 Å². The number of aromatic nitrogens is 2. The second kappa shape index (κ2) is 9.13. The summed E-state index contributed by atoms with van der Waals surface area (Å²) in [7, 11) is 3.27. The number of ether oxygens (including phenoxy) is 2. The Bertz CT molecular complexity index is 1990. The molecule has 39 heavy (non-hydrogen) atoms. The quantitative estimate of drug-likeness (QED) is 0.349. The van der Waals surface area contributed by atoms with Gasteiger partial charge in [-0.05, 0) is 60.7 Å². The Morgan fingerprint density at radius 2 is 1.79 bits per heavy atom. The van der Waals surface area contributed by atoms with Gasteiger partial charge in [0.25, 0.3) is 5.56 Å². The van der Waals surface area contributed by atoms with E-state index in [-0.39, 0.29) is 11.6 Å². The number of thiazole rings is 1. The van der Waals surface area contributed by atoms with E-state index in [2.05, 4.69) is 41.4 Å². The van der Waals surface area contributed by atoms with E-state index < -0.39 is 0 Å². The van der Waals surface area contributed by atoms with Gasteiger partial charge in [0.2, 0.25) is 0 Å². The molecule has 3 aromatic carbocycles. The molecule has 1 N–H and O–H groups in total. The normalized spacial score (nSPS) is 16.5. The Hall–Kier alpha value is -4.36. The molecule has 194 valence electrons. The van der Waals surface area contributed by atoms with Gasteiger partial charge in [0.15, 0.2) is 16.3 Å². The molecule has 0 saturated heterocycles. The molecule has 0 saturated carbocycles. The van der Waals surface area contributed by atoms with Gasteiger partial charge in [0.1, 0.15) is 0 Å². The standard InChI is InChI=1S/C32H27N3O3S/c1-18-24(22-10-6-7-11-25(22)33-18)17-28-31(36)35-30(20-13-15-26(37-2)27(16-20)38-3)23-14-12-19-8-4-5-9-21(19)29(23)34-32(35)39-28/h4-11,13,15-17,30,33H,12,14H2,1-3H3/b28-17-/t30-/m1/s1. The molecule has 0 amide bonds. The summed E-state index contributed by atoms with van der Waals surface area (Å²) in [5, 5.41) is 1.10. The van der Waals surface area contributed by atoms with Gasteiger partial charge >= 0.3 is 0 Å². The van der Waals surface area contributed by atoms with Crippen molar-refractivity contribution < 1.29 is 9.47 Å². The molecule has 1 aliphatic heterocycles. The Morgan fingerprint density at radius 1 is 1.00 bits per heavy atom. The van der Waals surface area contributed by atoms with Crippen LogP contribution in [0.15, 0.2) is 82.1 Å². The average molecular weight is 534 g/mol. The van der Waals surface area contributed by atoms with Crippen LogP contribution in [0.1, 0.15) is 40.4 Å². The number of aryl methyl sites for hydroxylation is 2. The van der Waals surface area contributed by atoms with Gasteiger partial charge in [0, 0.05) is 27.7 Å². The van der Waals surface area contributed by atoms with Gasteiger partial charge in [-0.15, -0.1) is 0 Å². The zero-order chi connectivity index (χ0) is 26.7. The number of allylic oxidation sites excluding steroid dienone is 1. The summed E-state index contributed by atoms with van der Waals surface area (Å²) >= 11 is 1.45. The summed E-state index contributed by atoms with van der Waals surface area (Å²) in [4.78, 5) is 23.4. The van der Waals surface area contributed by atoms with E-state index in [9.17, 15) is 4.79 Å². The molecule has 6 nitrogen and oxygen atoms in total. The fraction of sp³-hybridized carbons (Fsp3) is 0.188. The van der Waals surface area contributed by atoms with Crippen molar-refractivity contribution in [2.45, 2.75) is 25.8 Å². The van der Waals surface area contributed by atoms with Crippen molar-refractivity contribution >= 4 is 34.0 Å². The fourth-order valence-electron chi connectivity index (χ4n) is 5.96. The Balaban J connectivity index is 1.50. The van der Waals surface area contributed by atoms with E-state index in [1.807, 2.05) is 47.9 Å². The van der Waals surface area contributed by atoms with Crippen LogP contribution >= 0.6 is 11.3 Å². The third-order valence-electron chi connectivity index (χ3n) is 7.82. The first-order chi connectivity index (χ1) is 19.1. The van der Waals surface area contributed by atoms with Crippen LogP contribution in [-0.2, 0) is 6.42 Å². The maximum absolute atomic E-state index is 14.2. The highest BCUT2D eigenvalue weighted by Gasteiger charge is 2.33. The number of rotatable bonds is 4. The number of fused-ring (bicyclic) bond motifs is 4. The van der Waals surface area contributed by atoms with Crippen LogP contribution in [0.2, 0.25) is 0 Å². The Labute approximate surface area is 229 Å². The molecule has 2 aromatic heterocycles. The molecule has 7 heteroatoms. The molecular formula is C32H27N3O3S. The molecule has 0 unspecified atom stereocenters. The van der Waals surface area contributed by atoms with Gasteiger partial charge in [-0.3, -0.25) is 9.36 Å². The molecule has 5 aromatic rings. The lowest BCUT2D eigenvalue weighted by Crippen LogP contribution is -2.38. The molecule has 1 atom stereocenters. The van der Waals surface area contributed by atoms with Gasteiger partial charge in [-0.1, -0.05) is 59.9 Å². The van der Waals surface area contributed by atoms with Crippen molar-refractivity contribution in [3.8, 4) is 11.5 Å². The molecule has 0 fully saturated rings. The number of methoxy groups -OCH3 is 2. The monoisotopic (exact) mass is 533 g/mol. The van der Waals surface area contributed by atoms with Crippen molar-refractivity contribution in [1.82, 2.24) is 9.55 Å². The first kappa shape index (κ1) is 23.7. The van der Waals surface area contributed by atoms with E-state index in [1.54, 1.807) is 14.2 Å². The molecule has 7 rings (SSSR count). The molecule has 1 aliphatic carbocycles. The SMILES string of the molecule is COc1ccc([C@@H]2C3=C(N=c4s/c(=C\c5c(C)[nH]c6ccccc56)c(=O)n42)c2ccccc2CC3)cc1OC. The second-order valence-electron chi connectivity index (χ2n) is 9.94. The lowest BCUT2D eigenvalue weighted by Gasteiger charge is -2.31. The molecule has 0 spiro atoms.